The molecule has 0 fully saturated rings. The van der Waals surface area contributed by atoms with Gasteiger partial charge in [-0.25, -0.2) is 0 Å². The Labute approximate surface area is 113 Å². The number of aryl methyl sites for hydroxylation is 2. The van der Waals surface area contributed by atoms with E-state index in [0.29, 0.717) is 6.42 Å². The maximum atomic E-state index is 12.0. The molecule has 0 N–H and O–H groups in total. The molecule has 2 aromatic heterocycles. The predicted molar refractivity (Wildman–Crippen MR) is 72.6 cm³/mol. The van der Waals surface area contributed by atoms with Crippen molar-refractivity contribution in [2.75, 3.05) is 0 Å². The topological polar surface area (TPSA) is 34.9 Å². The molecule has 0 amide bonds. The molecule has 0 saturated heterocycles. The summed E-state index contributed by atoms with van der Waals surface area (Å²) in [5.74, 6) is 0.137. The van der Waals surface area contributed by atoms with Crippen molar-refractivity contribution in [3.63, 3.8) is 0 Å². The van der Waals surface area contributed by atoms with Crippen molar-refractivity contribution in [1.82, 2.24) is 9.78 Å². The average Bonchev–Trinajstić information content (AvgIpc) is 2.86. The number of carbonyl (C=O) groups is 1. The molecule has 0 unspecified atom stereocenters. The highest BCUT2D eigenvalue weighted by Crippen LogP contribution is 2.22. The van der Waals surface area contributed by atoms with E-state index < -0.39 is 0 Å². The van der Waals surface area contributed by atoms with E-state index >= 15 is 0 Å². The monoisotopic (exact) mass is 312 g/mol. The van der Waals surface area contributed by atoms with Crippen LogP contribution in [0.25, 0.3) is 0 Å². The summed E-state index contributed by atoms with van der Waals surface area (Å²) < 4.78 is 2.78. The van der Waals surface area contributed by atoms with Gasteiger partial charge in [-0.2, -0.15) is 5.10 Å². The van der Waals surface area contributed by atoms with Crippen molar-refractivity contribution in [3.05, 3.63) is 38.3 Å². The second kappa shape index (κ2) is 5.14. The van der Waals surface area contributed by atoms with Crippen LogP contribution in [0.4, 0.5) is 0 Å². The third-order valence-corrected chi connectivity index (χ3v) is 4.13. The Kier molecular flexibility index (Phi) is 3.79. The van der Waals surface area contributed by atoms with Crippen LogP contribution < -0.4 is 0 Å². The summed E-state index contributed by atoms with van der Waals surface area (Å²) >= 11 is 4.90. The molecule has 0 aliphatic carbocycles. The molecule has 2 aromatic rings. The van der Waals surface area contributed by atoms with Gasteiger partial charge in [0, 0.05) is 23.7 Å². The minimum absolute atomic E-state index is 0.137. The Morgan fingerprint density at radius 1 is 1.53 bits per heavy atom. The van der Waals surface area contributed by atoms with E-state index in [1.54, 1.807) is 4.68 Å². The summed E-state index contributed by atoms with van der Waals surface area (Å²) in [5, 5.41) is 6.22. The number of rotatable bonds is 4. The van der Waals surface area contributed by atoms with Gasteiger partial charge in [0.2, 0.25) is 0 Å². The summed E-state index contributed by atoms with van der Waals surface area (Å²) in [7, 11) is 1.88. The van der Waals surface area contributed by atoms with Crippen LogP contribution in [-0.2, 0) is 19.9 Å². The maximum absolute atomic E-state index is 12.0. The standard InChI is InChI=1S/C12H13BrN2OS/c1-3-9-5-10(15(2)14-9)6-11(16)8-4-12(13)17-7-8/h4-5,7H,3,6H2,1-2H3. The summed E-state index contributed by atoms with van der Waals surface area (Å²) in [6.07, 6.45) is 1.30. The van der Waals surface area contributed by atoms with Crippen LogP contribution >= 0.6 is 27.3 Å². The van der Waals surface area contributed by atoms with E-state index in [4.69, 9.17) is 0 Å². The summed E-state index contributed by atoms with van der Waals surface area (Å²) in [5.41, 5.74) is 2.76. The number of hydrogen-bond acceptors (Lipinski definition) is 3. The van der Waals surface area contributed by atoms with Gasteiger partial charge in [0.05, 0.1) is 15.9 Å². The molecule has 0 bridgehead atoms. The first-order valence-corrected chi connectivity index (χ1v) is 7.06. The third kappa shape index (κ3) is 2.84. The van der Waals surface area contributed by atoms with Crippen LogP contribution in [0, 0.1) is 0 Å². The molecule has 2 rings (SSSR count). The summed E-state index contributed by atoms with van der Waals surface area (Å²) in [4.78, 5) is 12.0. The Balaban J connectivity index is 2.15. The zero-order chi connectivity index (χ0) is 12.4. The van der Waals surface area contributed by atoms with Crippen molar-refractivity contribution < 1.29 is 4.79 Å². The fourth-order valence-electron chi connectivity index (χ4n) is 1.63. The molecule has 2 heterocycles. The predicted octanol–water partition coefficient (Wildman–Crippen LogP) is 3.23. The lowest BCUT2D eigenvalue weighted by atomic mass is 10.1. The van der Waals surface area contributed by atoms with E-state index in [2.05, 4.69) is 28.0 Å². The fourth-order valence-corrected chi connectivity index (χ4v) is 2.79. The highest BCUT2D eigenvalue weighted by atomic mass is 79.9. The largest absolute Gasteiger partial charge is 0.294 e. The smallest absolute Gasteiger partial charge is 0.169 e. The first kappa shape index (κ1) is 12.5. The Morgan fingerprint density at radius 3 is 2.82 bits per heavy atom. The number of halogens is 1. The van der Waals surface area contributed by atoms with Gasteiger partial charge in [0.25, 0.3) is 0 Å². The molecule has 0 radical (unpaired) electrons. The second-order valence-electron chi connectivity index (χ2n) is 3.84. The first-order valence-electron chi connectivity index (χ1n) is 5.39. The van der Waals surface area contributed by atoms with Crippen molar-refractivity contribution in [1.29, 1.82) is 0 Å². The van der Waals surface area contributed by atoms with Gasteiger partial charge in [0.15, 0.2) is 5.78 Å². The number of hydrogen-bond donors (Lipinski definition) is 0. The van der Waals surface area contributed by atoms with E-state index in [1.165, 1.54) is 11.3 Å². The fraction of sp³-hybridized carbons (Fsp3) is 0.333. The van der Waals surface area contributed by atoms with Crippen molar-refractivity contribution >= 4 is 33.0 Å². The molecule has 90 valence electrons. The van der Waals surface area contributed by atoms with Crippen molar-refractivity contribution in [2.24, 2.45) is 7.05 Å². The summed E-state index contributed by atoms with van der Waals surface area (Å²) in [6.45, 7) is 2.06. The van der Waals surface area contributed by atoms with Crippen LogP contribution in [0.1, 0.15) is 28.7 Å². The SMILES string of the molecule is CCc1cc(CC(=O)c2csc(Br)c2)n(C)n1. The molecular weight excluding hydrogens is 300 g/mol. The second-order valence-corrected chi connectivity index (χ2v) is 6.13. The van der Waals surface area contributed by atoms with Gasteiger partial charge < -0.3 is 0 Å². The number of ketones is 1. The number of carbonyl (C=O) groups excluding carboxylic acids is 1. The highest BCUT2D eigenvalue weighted by Gasteiger charge is 2.12. The lowest BCUT2D eigenvalue weighted by Gasteiger charge is -1.99. The Bertz CT molecular complexity index is 544. The number of Topliss-reactive ketones (excluding diaryl/α,β-unsaturated/α-hetero) is 1. The van der Waals surface area contributed by atoms with Crippen LogP contribution in [-0.4, -0.2) is 15.6 Å². The number of aromatic nitrogens is 2. The van der Waals surface area contributed by atoms with Gasteiger partial charge in [-0.15, -0.1) is 11.3 Å². The van der Waals surface area contributed by atoms with Crippen LogP contribution in [0.3, 0.4) is 0 Å². The first-order chi connectivity index (χ1) is 8.10. The lowest BCUT2D eigenvalue weighted by molar-refractivity contribution is 0.0991. The normalized spacial score (nSPS) is 10.8. The molecule has 3 nitrogen and oxygen atoms in total. The zero-order valence-corrected chi connectivity index (χ0v) is 12.1. The van der Waals surface area contributed by atoms with E-state index in [0.717, 1.165) is 27.2 Å². The number of nitrogens with zero attached hydrogens (tertiary/aromatic N) is 2. The van der Waals surface area contributed by atoms with Gasteiger partial charge in [-0.05, 0) is 34.5 Å². The average molecular weight is 313 g/mol. The van der Waals surface area contributed by atoms with Gasteiger partial charge in [-0.1, -0.05) is 6.92 Å². The van der Waals surface area contributed by atoms with E-state index in [1.807, 2.05) is 24.6 Å². The highest BCUT2D eigenvalue weighted by molar-refractivity contribution is 9.11. The number of thiophene rings is 1. The van der Waals surface area contributed by atoms with E-state index in [-0.39, 0.29) is 5.78 Å². The maximum Gasteiger partial charge on any atom is 0.169 e. The molecule has 0 saturated carbocycles. The zero-order valence-electron chi connectivity index (χ0n) is 9.74. The molecule has 0 spiro atoms. The van der Waals surface area contributed by atoms with Crippen LogP contribution in [0.15, 0.2) is 21.3 Å². The van der Waals surface area contributed by atoms with Gasteiger partial charge in [-0.3, -0.25) is 9.48 Å². The lowest BCUT2D eigenvalue weighted by Crippen LogP contribution is -2.06. The van der Waals surface area contributed by atoms with Crippen molar-refractivity contribution in [2.45, 2.75) is 19.8 Å². The minimum Gasteiger partial charge on any atom is -0.294 e. The molecule has 0 aliphatic heterocycles. The molecule has 5 heteroatoms. The summed E-state index contributed by atoms with van der Waals surface area (Å²) in [6, 6.07) is 3.86. The van der Waals surface area contributed by atoms with Gasteiger partial charge in [0.1, 0.15) is 0 Å². The molecule has 17 heavy (non-hydrogen) atoms. The van der Waals surface area contributed by atoms with Crippen LogP contribution in [0.2, 0.25) is 0 Å². The van der Waals surface area contributed by atoms with E-state index in [9.17, 15) is 4.79 Å². The quantitative estimate of drug-likeness (QED) is 0.812. The Morgan fingerprint density at radius 2 is 2.29 bits per heavy atom. The van der Waals surface area contributed by atoms with Gasteiger partial charge >= 0.3 is 0 Å². The molecule has 0 atom stereocenters. The molecule has 0 aliphatic rings. The molecule has 0 aromatic carbocycles. The Hall–Kier alpha value is -0.940. The third-order valence-electron chi connectivity index (χ3n) is 2.62. The molecular formula is C12H13BrN2OS. The minimum atomic E-state index is 0.137. The van der Waals surface area contributed by atoms with Crippen LogP contribution in [0.5, 0.6) is 0 Å². The van der Waals surface area contributed by atoms with Crippen molar-refractivity contribution in [3.8, 4) is 0 Å².